The van der Waals surface area contributed by atoms with Gasteiger partial charge in [-0.1, -0.05) is 160 Å². The summed E-state index contributed by atoms with van der Waals surface area (Å²) >= 11 is 0. The lowest BCUT2D eigenvalue weighted by molar-refractivity contribution is 0.483. The van der Waals surface area contributed by atoms with E-state index >= 15 is 0 Å². The lowest BCUT2D eigenvalue weighted by atomic mass is 9.78. The molecule has 0 radical (unpaired) electrons. The van der Waals surface area contributed by atoms with Gasteiger partial charge in [-0.05, 0) is 122 Å². The van der Waals surface area contributed by atoms with E-state index in [9.17, 15) is 0 Å². The monoisotopic (exact) mass is 878 g/mol. The van der Waals surface area contributed by atoms with Crippen LogP contribution in [0.3, 0.4) is 0 Å². The highest BCUT2D eigenvalue weighted by atomic mass is 16.5. The van der Waals surface area contributed by atoms with E-state index in [2.05, 4.69) is 253 Å². The average Bonchev–Trinajstić information content (AvgIpc) is 3.87. The van der Waals surface area contributed by atoms with Crippen LogP contribution >= 0.6 is 0 Å². The summed E-state index contributed by atoms with van der Waals surface area (Å²) in [7, 11) is 0. The molecule has 3 heterocycles. The van der Waals surface area contributed by atoms with E-state index in [1.54, 1.807) is 0 Å². The summed E-state index contributed by atoms with van der Waals surface area (Å²) in [6.45, 7) is 23.5. The van der Waals surface area contributed by atoms with Crippen LogP contribution in [0.2, 0.25) is 0 Å². The van der Waals surface area contributed by atoms with E-state index in [0.717, 1.165) is 50.7 Å². The van der Waals surface area contributed by atoms with Crippen LogP contribution in [0.5, 0.6) is 11.5 Å². The van der Waals surface area contributed by atoms with E-state index in [1.807, 2.05) is 6.20 Å². The highest BCUT2D eigenvalue weighted by Gasteiger charge is 2.32. The number of fused-ring (bicyclic) bond motifs is 4. The molecule has 0 bridgehead atoms. The van der Waals surface area contributed by atoms with Gasteiger partial charge in [0.05, 0.1) is 22.4 Å². The molecule has 1 aliphatic heterocycles. The fraction of sp³-hybridized carbons (Fsp3) is 0.242. The van der Waals surface area contributed by atoms with Gasteiger partial charge in [0.15, 0.2) is 0 Å². The van der Waals surface area contributed by atoms with Gasteiger partial charge in [-0.15, -0.1) is 0 Å². The second-order valence-corrected chi connectivity index (χ2v) is 21.2. The molecule has 0 saturated carbocycles. The predicted molar refractivity (Wildman–Crippen MR) is 283 cm³/mol. The molecular weight excluding hydrogens is 817 g/mol. The maximum absolute atomic E-state index is 7.10. The Morgan fingerprint density at radius 1 is 0.493 bits per heavy atom. The first kappa shape index (κ1) is 43.8. The van der Waals surface area contributed by atoms with E-state index < -0.39 is 0 Å². The molecule has 5 heteroatoms. The summed E-state index contributed by atoms with van der Waals surface area (Å²) in [5.41, 5.74) is 15.3. The van der Waals surface area contributed by atoms with Crippen molar-refractivity contribution in [2.75, 3.05) is 16.5 Å². The molecule has 0 spiro atoms. The van der Waals surface area contributed by atoms with Crippen molar-refractivity contribution in [3.63, 3.8) is 0 Å². The van der Waals surface area contributed by atoms with Gasteiger partial charge in [0.1, 0.15) is 24.0 Å². The van der Waals surface area contributed by atoms with Gasteiger partial charge in [-0.2, -0.15) is 0 Å². The summed E-state index contributed by atoms with van der Waals surface area (Å²) in [5.74, 6) is 2.77. The zero-order chi connectivity index (χ0) is 46.8. The topological polar surface area (TPSA) is 33.5 Å². The molecule has 10 rings (SSSR count). The van der Waals surface area contributed by atoms with Crippen LogP contribution in [0.1, 0.15) is 103 Å². The smallest absolute Gasteiger partial charge is 0.137 e. The lowest BCUT2D eigenvalue weighted by Gasteiger charge is -2.29. The summed E-state index contributed by atoms with van der Waals surface area (Å²) in [6.07, 6.45) is 1.93. The third-order valence-corrected chi connectivity index (χ3v) is 13.9. The molecule has 67 heavy (non-hydrogen) atoms. The molecule has 0 N–H and O–H groups in total. The molecule has 336 valence electrons. The summed E-state index contributed by atoms with van der Waals surface area (Å²) < 4.78 is 9.38. The molecule has 0 fully saturated rings. The molecule has 0 aliphatic carbocycles. The van der Waals surface area contributed by atoms with E-state index in [1.165, 1.54) is 50.1 Å². The molecule has 1 aliphatic rings. The first-order valence-corrected chi connectivity index (χ1v) is 23.8. The van der Waals surface area contributed by atoms with Crippen molar-refractivity contribution in [1.29, 1.82) is 0 Å². The van der Waals surface area contributed by atoms with Gasteiger partial charge in [0.25, 0.3) is 0 Å². The fourth-order valence-electron chi connectivity index (χ4n) is 9.87. The Morgan fingerprint density at radius 3 is 1.96 bits per heavy atom. The van der Waals surface area contributed by atoms with E-state index in [0.29, 0.717) is 12.6 Å². The number of pyridine rings is 1. The fourth-order valence-corrected chi connectivity index (χ4v) is 9.87. The highest BCUT2D eigenvalue weighted by molar-refractivity contribution is 6.09. The van der Waals surface area contributed by atoms with Gasteiger partial charge in [0, 0.05) is 45.9 Å². The Hall–Kier alpha value is -7.11. The molecule has 0 atom stereocenters. The minimum atomic E-state index is -0.179. The van der Waals surface area contributed by atoms with Crippen LogP contribution in [0, 0.1) is 0 Å². The Kier molecular flexibility index (Phi) is 10.9. The number of hydrogen-bond donors (Lipinski definition) is 0. The number of rotatable bonds is 9. The van der Waals surface area contributed by atoms with Crippen molar-refractivity contribution < 1.29 is 4.74 Å². The third kappa shape index (κ3) is 8.15. The maximum Gasteiger partial charge on any atom is 0.137 e. The number of benzene rings is 7. The van der Waals surface area contributed by atoms with Gasteiger partial charge < -0.3 is 14.5 Å². The second-order valence-electron chi connectivity index (χ2n) is 21.2. The minimum Gasteiger partial charge on any atom is -0.457 e. The van der Waals surface area contributed by atoms with Crippen LogP contribution in [0.4, 0.5) is 22.7 Å². The molecule has 0 amide bonds. The second kappa shape index (κ2) is 16.6. The summed E-state index contributed by atoms with van der Waals surface area (Å²) in [4.78, 5) is 9.89. The maximum atomic E-state index is 7.10. The standard InChI is InChI=1S/C62H62N4O/c1-41(2)51-23-14-15-24-52(51)42-33-48(38-50(34-42)67-49-28-29-54-53-25-16-17-26-55(53)66(57(54)39-49)59-37-45(31-32-63-59)61(6,7)8)65-40-64(58-36-44(60(3,4)5)27-30-56(58)65)47-22-18-21-46(35-47)62(9,10)43-19-12-11-13-20-43/h11-39,41H,40H2,1-10H3. The number of nitrogens with zero attached hydrogens (tertiary/aromatic N) is 4. The van der Waals surface area contributed by atoms with Crippen LogP contribution < -0.4 is 14.5 Å². The Labute approximate surface area is 397 Å². The first-order valence-electron chi connectivity index (χ1n) is 23.8. The van der Waals surface area contributed by atoms with Crippen molar-refractivity contribution in [2.45, 2.75) is 91.4 Å². The van der Waals surface area contributed by atoms with Crippen molar-refractivity contribution in [2.24, 2.45) is 0 Å². The van der Waals surface area contributed by atoms with Crippen molar-refractivity contribution in [1.82, 2.24) is 9.55 Å². The van der Waals surface area contributed by atoms with Crippen LogP contribution in [0.25, 0.3) is 38.8 Å². The SMILES string of the molecule is CC(C)c1ccccc1-c1cc(Oc2ccc3c4ccccc4n(-c4cc(C(C)(C)C)ccn4)c3c2)cc(N2CN(c3cccc(C(C)(C)c4ccccc4)c3)c3cc(C(C)(C)C)ccc32)c1. The minimum absolute atomic E-state index is 0.0211. The largest absolute Gasteiger partial charge is 0.457 e. The van der Waals surface area contributed by atoms with Gasteiger partial charge in [0.2, 0.25) is 0 Å². The molecular formula is C62H62N4O. The number of hydrogen-bond acceptors (Lipinski definition) is 4. The quantitative estimate of drug-likeness (QED) is 0.145. The third-order valence-electron chi connectivity index (χ3n) is 13.9. The van der Waals surface area contributed by atoms with Crippen LogP contribution in [0.15, 0.2) is 176 Å². The zero-order valence-corrected chi connectivity index (χ0v) is 40.7. The lowest BCUT2D eigenvalue weighted by Crippen LogP contribution is -2.25. The van der Waals surface area contributed by atoms with E-state index in [4.69, 9.17) is 9.72 Å². The Bertz CT molecular complexity index is 3290. The van der Waals surface area contributed by atoms with Crippen molar-refractivity contribution in [3.8, 4) is 28.4 Å². The normalized spacial score (nSPS) is 13.2. The van der Waals surface area contributed by atoms with Crippen molar-refractivity contribution in [3.05, 3.63) is 204 Å². The van der Waals surface area contributed by atoms with Crippen LogP contribution in [-0.4, -0.2) is 16.2 Å². The molecule has 2 aromatic heterocycles. The number of ether oxygens (including phenoxy) is 1. The van der Waals surface area contributed by atoms with Crippen LogP contribution in [-0.2, 0) is 16.2 Å². The summed E-state index contributed by atoms with van der Waals surface area (Å²) in [6, 6.07) is 62.0. The molecule has 0 saturated heterocycles. The molecule has 7 aromatic carbocycles. The Balaban J connectivity index is 1.11. The zero-order valence-electron chi connectivity index (χ0n) is 40.7. The first-order chi connectivity index (χ1) is 32.0. The Morgan fingerprint density at radius 2 is 1.18 bits per heavy atom. The molecule has 5 nitrogen and oxygen atoms in total. The molecule has 9 aromatic rings. The number of para-hydroxylation sites is 1. The number of anilines is 4. The van der Waals surface area contributed by atoms with E-state index in [-0.39, 0.29) is 16.2 Å². The van der Waals surface area contributed by atoms with Gasteiger partial charge in [-0.3, -0.25) is 4.57 Å². The van der Waals surface area contributed by atoms with Gasteiger partial charge >= 0.3 is 0 Å². The molecule has 0 unspecified atom stereocenters. The van der Waals surface area contributed by atoms with Gasteiger partial charge in [-0.25, -0.2) is 4.98 Å². The van der Waals surface area contributed by atoms with Crippen molar-refractivity contribution >= 4 is 44.6 Å². The highest BCUT2D eigenvalue weighted by Crippen LogP contribution is 2.49. The summed E-state index contributed by atoms with van der Waals surface area (Å²) in [5, 5.41) is 2.34. The average molecular weight is 879 g/mol. The number of aromatic nitrogens is 2. The predicted octanol–water partition coefficient (Wildman–Crippen LogP) is 16.9.